The van der Waals surface area contributed by atoms with Crippen LogP contribution in [0, 0.1) is 0 Å². The molecule has 194 valence electrons. The number of aromatic nitrogens is 4. The number of carbonyl (C=O) groups excluding carboxylic acids is 1. The Kier molecular flexibility index (Phi) is 6.01. The minimum atomic E-state index is -0.851. The highest BCUT2D eigenvalue weighted by molar-refractivity contribution is 6.06. The van der Waals surface area contributed by atoms with Crippen LogP contribution in [0.3, 0.4) is 0 Å². The molecule has 2 saturated heterocycles. The molecular formula is C25H28N6O6. The van der Waals surface area contributed by atoms with Crippen LogP contribution in [0.2, 0.25) is 0 Å². The molecule has 1 amide bonds. The van der Waals surface area contributed by atoms with Crippen LogP contribution in [0.15, 0.2) is 41.8 Å². The van der Waals surface area contributed by atoms with Crippen LogP contribution in [-0.4, -0.2) is 67.1 Å². The number of nitrogens with one attached hydrogen (secondary N) is 1. The van der Waals surface area contributed by atoms with Gasteiger partial charge in [-0.1, -0.05) is 23.4 Å². The highest BCUT2D eigenvalue weighted by Crippen LogP contribution is 2.43. The third kappa shape index (κ3) is 4.52. The van der Waals surface area contributed by atoms with E-state index in [0.29, 0.717) is 16.7 Å². The second-order valence-corrected chi connectivity index (χ2v) is 9.84. The molecule has 2 aromatic heterocycles. The minimum Gasteiger partial charge on any atom is -0.460 e. The Bertz CT molecular complexity index is 1320. The summed E-state index contributed by atoms with van der Waals surface area (Å²) in [4.78, 5) is 26.7. The number of amides is 1. The third-order valence-corrected chi connectivity index (χ3v) is 6.80. The van der Waals surface area contributed by atoms with Gasteiger partial charge in [0.25, 0.3) is 5.91 Å². The van der Waals surface area contributed by atoms with Crippen molar-refractivity contribution >= 4 is 29.1 Å². The van der Waals surface area contributed by atoms with Gasteiger partial charge in [-0.25, -0.2) is 4.98 Å². The first-order chi connectivity index (χ1) is 17.9. The molecule has 12 nitrogen and oxygen atoms in total. The molecule has 3 aliphatic rings. The Morgan fingerprint density at radius 2 is 1.95 bits per heavy atom. The zero-order valence-corrected chi connectivity index (χ0v) is 20.5. The van der Waals surface area contributed by atoms with Crippen molar-refractivity contribution in [2.24, 2.45) is 5.16 Å². The van der Waals surface area contributed by atoms with Crippen molar-refractivity contribution in [3.8, 4) is 6.01 Å². The molecule has 1 aliphatic carbocycles. The molecule has 37 heavy (non-hydrogen) atoms. The number of ether oxygens (including phenoxy) is 4. The van der Waals surface area contributed by atoms with E-state index >= 15 is 0 Å². The summed E-state index contributed by atoms with van der Waals surface area (Å²) in [7, 11) is 0. The molecule has 0 unspecified atom stereocenters. The van der Waals surface area contributed by atoms with Crippen molar-refractivity contribution in [1.82, 2.24) is 19.5 Å². The molecule has 2 N–H and O–H groups in total. The summed E-state index contributed by atoms with van der Waals surface area (Å²) < 4.78 is 26.1. The molecule has 1 saturated carbocycles. The fourth-order valence-electron chi connectivity index (χ4n) is 5.16. The highest BCUT2D eigenvalue weighted by atomic mass is 16.8. The van der Waals surface area contributed by atoms with Gasteiger partial charge in [0.1, 0.15) is 24.4 Å². The zero-order chi connectivity index (χ0) is 25.6. The van der Waals surface area contributed by atoms with E-state index in [9.17, 15) is 4.79 Å². The lowest BCUT2D eigenvalue weighted by atomic mass is 10.1. The Hall–Kier alpha value is -3.61. The van der Waals surface area contributed by atoms with Crippen molar-refractivity contribution in [2.45, 2.75) is 76.0 Å². The molecule has 3 aromatic rings. The van der Waals surface area contributed by atoms with E-state index in [1.165, 1.54) is 6.21 Å². The maximum absolute atomic E-state index is 13.0. The number of oxime groups is 1. The first kappa shape index (κ1) is 23.8. The normalized spacial score (nSPS) is 27.2. The number of carbonyl (C=O) groups is 1. The van der Waals surface area contributed by atoms with Crippen molar-refractivity contribution in [3.63, 3.8) is 0 Å². The largest absolute Gasteiger partial charge is 0.460 e. The molecule has 0 bridgehead atoms. The average molecular weight is 509 g/mol. The number of hydrogen-bond donors (Lipinski definition) is 2. The summed E-state index contributed by atoms with van der Waals surface area (Å²) in [6.45, 7) is 3.63. The summed E-state index contributed by atoms with van der Waals surface area (Å²) in [5.41, 5.74) is 1.27. The van der Waals surface area contributed by atoms with E-state index in [4.69, 9.17) is 24.2 Å². The lowest BCUT2D eigenvalue weighted by Crippen LogP contribution is -2.30. The predicted molar refractivity (Wildman–Crippen MR) is 131 cm³/mol. The molecular weight excluding hydrogens is 480 g/mol. The molecule has 6 rings (SSSR count). The van der Waals surface area contributed by atoms with Crippen molar-refractivity contribution < 1.29 is 28.9 Å². The van der Waals surface area contributed by atoms with Gasteiger partial charge in [-0.3, -0.25) is 9.36 Å². The summed E-state index contributed by atoms with van der Waals surface area (Å²) in [5.74, 6) is -0.944. The molecule has 12 heteroatoms. The standard InChI is InChI=1S/C25H28N6O6/c1-25(2)36-18-16(12-27-33)35-23(19(18)37-25)31-13-26-17-20(28-22(32)14-8-4-3-5-9-14)29-24(30-21(17)31)34-15-10-6-7-11-15/h3-5,8-9,12-13,15-16,18-19,23,33H,6-7,10-11H2,1-2H3,(H,28,29,30,32)/t16-,18-,19-,23-/m1/s1. The van der Waals surface area contributed by atoms with E-state index in [1.807, 2.05) is 19.9 Å². The van der Waals surface area contributed by atoms with Gasteiger partial charge in [-0.05, 0) is 51.7 Å². The zero-order valence-electron chi connectivity index (χ0n) is 20.5. The van der Waals surface area contributed by atoms with Crippen LogP contribution < -0.4 is 10.1 Å². The van der Waals surface area contributed by atoms with E-state index in [0.717, 1.165) is 25.7 Å². The number of imidazole rings is 1. The monoisotopic (exact) mass is 508 g/mol. The smallest absolute Gasteiger partial charge is 0.320 e. The van der Waals surface area contributed by atoms with Crippen molar-refractivity contribution in [1.29, 1.82) is 0 Å². The number of hydrogen-bond acceptors (Lipinski definition) is 10. The Labute approximate surface area is 212 Å². The van der Waals surface area contributed by atoms with Crippen LogP contribution in [-0.2, 0) is 14.2 Å². The second-order valence-electron chi connectivity index (χ2n) is 9.84. The highest BCUT2D eigenvalue weighted by Gasteiger charge is 2.56. The quantitative estimate of drug-likeness (QED) is 0.291. The minimum absolute atomic E-state index is 0.0103. The van der Waals surface area contributed by atoms with E-state index in [2.05, 4.69) is 25.4 Å². The molecule has 3 fully saturated rings. The van der Waals surface area contributed by atoms with Crippen LogP contribution >= 0.6 is 0 Å². The molecule has 1 aromatic carbocycles. The fourth-order valence-corrected chi connectivity index (χ4v) is 5.16. The average Bonchev–Trinajstić information content (AvgIpc) is 3.65. The number of benzene rings is 1. The van der Waals surface area contributed by atoms with E-state index in [1.54, 1.807) is 35.2 Å². The molecule has 4 heterocycles. The van der Waals surface area contributed by atoms with Crippen LogP contribution in [0.25, 0.3) is 11.2 Å². The first-order valence-corrected chi connectivity index (χ1v) is 12.4. The molecule has 2 aliphatic heterocycles. The van der Waals surface area contributed by atoms with Gasteiger partial charge in [0.05, 0.1) is 12.5 Å². The van der Waals surface area contributed by atoms with Gasteiger partial charge in [0, 0.05) is 5.56 Å². The lowest BCUT2D eigenvalue weighted by molar-refractivity contribution is -0.188. The predicted octanol–water partition coefficient (Wildman–Crippen LogP) is 3.28. The number of rotatable bonds is 6. The summed E-state index contributed by atoms with van der Waals surface area (Å²) in [5, 5.41) is 15.2. The maximum Gasteiger partial charge on any atom is 0.320 e. The van der Waals surface area contributed by atoms with Crippen LogP contribution in [0.1, 0.15) is 56.1 Å². The van der Waals surface area contributed by atoms with E-state index < -0.39 is 30.3 Å². The molecule has 4 atom stereocenters. The van der Waals surface area contributed by atoms with Crippen molar-refractivity contribution in [2.75, 3.05) is 5.32 Å². The van der Waals surface area contributed by atoms with Crippen LogP contribution in [0.5, 0.6) is 6.01 Å². The number of nitrogens with zero attached hydrogens (tertiary/aromatic N) is 5. The first-order valence-electron chi connectivity index (χ1n) is 12.4. The summed E-state index contributed by atoms with van der Waals surface area (Å²) >= 11 is 0. The van der Waals surface area contributed by atoms with Gasteiger partial charge < -0.3 is 29.5 Å². The Balaban J connectivity index is 1.39. The maximum atomic E-state index is 13.0. The third-order valence-electron chi connectivity index (χ3n) is 6.80. The van der Waals surface area contributed by atoms with Gasteiger partial charge in [-0.2, -0.15) is 9.97 Å². The molecule has 0 radical (unpaired) electrons. The van der Waals surface area contributed by atoms with Gasteiger partial charge in [0.2, 0.25) is 0 Å². The van der Waals surface area contributed by atoms with E-state index in [-0.39, 0.29) is 23.8 Å². The van der Waals surface area contributed by atoms with Crippen LogP contribution in [0.4, 0.5) is 5.82 Å². The number of fused-ring (bicyclic) bond motifs is 2. The topological polar surface area (TPSA) is 142 Å². The Morgan fingerprint density at radius 1 is 1.19 bits per heavy atom. The second kappa shape index (κ2) is 9.36. The SMILES string of the molecule is CC1(C)O[C@@H]2[C@H](O1)[C@@H](C=NO)O[C@H]2n1cnc2c(NC(=O)c3ccccc3)nc(OC3CCCC3)nc21. The van der Waals surface area contributed by atoms with Crippen molar-refractivity contribution in [3.05, 3.63) is 42.2 Å². The fraction of sp³-hybridized carbons (Fsp3) is 0.480. The summed E-state index contributed by atoms with van der Waals surface area (Å²) in [6.07, 6.45) is 4.51. The lowest BCUT2D eigenvalue weighted by Gasteiger charge is -2.23. The van der Waals surface area contributed by atoms with Gasteiger partial charge >= 0.3 is 6.01 Å². The Morgan fingerprint density at radius 3 is 2.70 bits per heavy atom. The van der Waals surface area contributed by atoms with Gasteiger partial charge in [0.15, 0.2) is 29.0 Å². The number of anilines is 1. The summed E-state index contributed by atoms with van der Waals surface area (Å²) in [6, 6.07) is 9.01. The molecule has 0 spiro atoms. The van der Waals surface area contributed by atoms with Gasteiger partial charge in [-0.15, -0.1) is 0 Å².